The fraction of sp³-hybridized carbons (Fsp3) is 0.240. The van der Waals surface area contributed by atoms with Gasteiger partial charge in [0, 0.05) is 5.39 Å². The molecule has 31 heavy (non-hydrogen) atoms. The van der Waals surface area contributed by atoms with Crippen LogP contribution in [0.1, 0.15) is 40.7 Å². The average molecular weight is 414 g/mol. The summed E-state index contributed by atoms with van der Waals surface area (Å²) >= 11 is 0. The van der Waals surface area contributed by atoms with E-state index in [1.54, 1.807) is 6.26 Å². The Hall–Kier alpha value is -3.85. The lowest BCUT2D eigenvalue weighted by molar-refractivity contribution is -0.123. The molecule has 4 rings (SSSR count). The number of carbonyl (C=O) groups is 2. The van der Waals surface area contributed by atoms with Gasteiger partial charge in [0.2, 0.25) is 0 Å². The molecule has 0 fully saturated rings. The molecule has 0 saturated heterocycles. The molecular formula is C25H22N2O4. The quantitative estimate of drug-likeness (QED) is 0.507. The number of terminal acetylenes is 1. The molecule has 0 radical (unpaired) electrons. The summed E-state index contributed by atoms with van der Waals surface area (Å²) in [6.07, 6.45) is 10.3. The molecule has 1 N–H and O–H groups in total. The fourth-order valence-corrected chi connectivity index (χ4v) is 3.92. The van der Waals surface area contributed by atoms with Crippen LogP contribution in [-0.2, 0) is 16.0 Å². The summed E-state index contributed by atoms with van der Waals surface area (Å²) < 4.78 is 10.8. The van der Waals surface area contributed by atoms with Crippen LogP contribution in [-0.4, -0.2) is 30.0 Å². The number of nitrogens with one attached hydrogen (secondary N) is 1. The molecule has 1 atom stereocenters. The second kappa shape index (κ2) is 8.88. The highest BCUT2D eigenvalue weighted by molar-refractivity contribution is 6.07. The van der Waals surface area contributed by atoms with E-state index in [-0.39, 0.29) is 6.54 Å². The predicted octanol–water partition coefficient (Wildman–Crippen LogP) is 3.86. The minimum atomic E-state index is -0.544. The monoisotopic (exact) mass is 414 g/mol. The highest BCUT2D eigenvalue weighted by Gasteiger charge is 2.29. The van der Waals surface area contributed by atoms with E-state index in [4.69, 9.17) is 20.6 Å². The van der Waals surface area contributed by atoms with Gasteiger partial charge in [-0.2, -0.15) is 0 Å². The van der Waals surface area contributed by atoms with Gasteiger partial charge in [-0.1, -0.05) is 31.0 Å². The van der Waals surface area contributed by atoms with E-state index < -0.39 is 18.5 Å². The molecule has 0 saturated carbocycles. The number of hydrogen-bond donors (Lipinski definition) is 1. The van der Waals surface area contributed by atoms with Crippen LogP contribution in [0.25, 0.3) is 22.6 Å². The molecule has 156 valence electrons. The normalized spacial score (nSPS) is 16.5. The molecule has 6 heteroatoms. The standard InChI is InChI=1S/C25H22N2O4/c1-3-10-26-22(28)15-31-25(29)23-19-8-4-5-9-21(19)27-24-17(12-16(2)13-20(23)24)14-18-7-6-11-30-18/h1,4-9,11,14,16H,10,12-13,15H2,2H3,(H,26,28)/b17-14-. The number of benzene rings is 1. The van der Waals surface area contributed by atoms with Gasteiger partial charge in [0.1, 0.15) is 5.76 Å². The Morgan fingerprint density at radius 2 is 2.13 bits per heavy atom. The molecule has 1 amide bonds. The van der Waals surface area contributed by atoms with Crippen LogP contribution in [0.2, 0.25) is 0 Å². The van der Waals surface area contributed by atoms with Crippen LogP contribution >= 0.6 is 0 Å². The van der Waals surface area contributed by atoms with E-state index in [1.165, 1.54) is 0 Å². The van der Waals surface area contributed by atoms with Crippen molar-refractivity contribution in [2.24, 2.45) is 5.92 Å². The summed E-state index contributed by atoms with van der Waals surface area (Å²) in [5.41, 5.74) is 3.78. The zero-order valence-corrected chi connectivity index (χ0v) is 17.2. The summed E-state index contributed by atoms with van der Waals surface area (Å²) in [7, 11) is 0. The number of nitrogens with zero attached hydrogens (tertiary/aromatic N) is 1. The van der Waals surface area contributed by atoms with Crippen LogP contribution in [0.4, 0.5) is 0 Å². The minimum absolute atomic E-state index is 0.0857. The molecule has 1 unspecified atom stereocenters. The van der Waals surface area contributed by atoms with Gasteiger partial charge in [-0.15, -0.1) is 6.42 Å². The first-order chi connectivity index (χ1) is 15.1. The zero-order valence-electron chi connectivity index (χ0n) is 17.2. The number of carbonyl (C=O) groups excluding carboxylic acids is 2. The summed E-state index contributed by atoms with van der Waals surface area (Å²) in [5.74, 6) is 2.38. The Balaban J connectivity index is 1.78. The minimum Gasteiger partial charge on any atom is -0.465 e. The van der Waals surface area contributed by atoms with Gasteiger partial charge < -0.3 is 14.5 Å². The summed E-state index contributed by atoms with van der Waals surface area (Å²) in [5, 5.41) is 3.20. The lowest BCUT2D eigenvalue weighted by atomic mass is 9.81. The van der Waals surface area contributed by atoms with Crippen molar-refractivity contribution in [1.82, 2.24) is 10.3 Å². The maximum Gasteiger partial charge on any atom is 0.339 e. The van der Waals surface area contributed by atoms with E-state index in [2.05, 4.69) is 18.2 Å². The average Bonchev–Trinajstić information content (AvgIpc) is 3.27. The summed E-state index contributed by atoms with van der Waals surface area (Å²) in [6, 6.07) is 11.2. The maximum atomic E-state index is 13.1. The first kappa shape index (κ1) is 20.4. The second-order valence-corrected chi connectivity index (χ2v) is 7.59. The smallest absolute Gasteiger partial charge is 0.339 e. The van der Waals surface area contributed by atoms with Crippen molar-refractivity contribution >= 4 is 34.4 Å². The number of pyridine rings is 1. The van der Waals surface area contributed by atoms with Crippen LogP contribution in [0.15, 0.2) is 47.1 Å². The third kappa shape index (κ3) is 4.36. The lowest BCUT2D eigenvalue weighted by Crippen LogP contribution is -2.29. The molecule has 6 nitrogen and oxygen atoms in total. The van der Waals surface area contributed by atoms with Gasteiger partial charge in [-0.05, 0) is 54.2 Å². The van der Waals surface area contributed by atoms with Crippen molar-refractivity contribution in [3.63, 3.8) is 0 Å². The molecule has 0 bridgehead atoms. The molecule has 0 spiro atoms. The number of hydrogen-bond acceptors (Lipinski definition) is 5. The Kier molecular flexibility index (Phi) is 5.85. The van der Waals surface area contributed by atoms with E-state index in [9.17, 15) is 9.59 Å². The molecule has 1 aliphatic rings. The van der Waals surface area contributed by atoms with Crippen LogP contribution < -0.4 is 5.32 Å². The molecule has 1 aliphatic carbocycles. The number of furan rings is 1. The van der Waals surface area contributed by atoms with Gasteiger partial charge >= 0.3 is 5.97 Å². The van der Waals surface area contributed by atoms with Gasteiger partial charge in [0.25, 0.3) is 5.91 Å². The van der Waals surface area contributed by atoms with E-state index in [0.717, 1.165) is 29.0 Å². The van der Waals surface area contributed by atoms with E-state index in [1.807, 2.05) is 42.5 Å². The van der Waals surface area contributed by atoms with Crippen LogP contribution in [0.5, 0.6) is 0 Å². The van der Waals surface area contributed by atoms with Crippen molar-refractivity contribution in [1.29, 1.82) is 0 Å². The van der Waals surface area contributed by atoms with Crippen LogP contribution in [0, 0.1) is 18.3 Å². The third-order valence-corrected chi connectivity index (χ3v) is 5.20. The SMILES string of the molecule is C#CCNC(=O)COC(=O)c1c2c(nc3ccccc13)/C(=C\c1ccco1)CC(C)C2. The number of allylic oxidation sites excluding steroid dienone is 1. The molecular weight excluding hydrogens is 392 g/mol. The van der Waals surface area contributed by atoms with Gasteiger partial charge in [0.15, 0.2) is 6.61 Å². The summed E-state index contributed by atoms with van der Waals surface area (Å²) in [4.78, 5) is 29.9. The number of ether oxygens (including phenoxy) is 1. The number of esters is 1. The highest BCUT2D eigenvalue weighted by atomic mass is 16.5. The van der Waals surface area contributed by atoms with Crippen molar-refractivity contribution in [2.45, 2.75) is 19.8 Å². The van der Waals surface area contributed by atoms with Gasteiger partial charge in [-0.25, -0.2) is 9.78 Å². The van der Waals surface area contributed by atoms with Crippen molar-refractivity contribution in [3.05, 3.63) is 65.2 Å². The van der Waals surface area contributed by atoms with Crippen molar-refractivity contribution in [3.8, 4) is 12.3 Å². The van der Waals surface area contributed by atoms with E-state index >= 15 is 0 Å². The predicted molar refractivity (Wildman–Crippen MR) is 118 cm³/mol. The molecule has 3 aromatic rings. The lowest BCUT2D eigenvalue weighted by Gasteiger charge is -2.26. The molecule has 0 aliphatic heterocycles. The Morgan fingerprint density at radius 3 is 2.90 bits per heavy atom. The zero-order chi connectivity index (χ0) is 21.8. The maximum absolute atomic E-state index is 13.1. The number of para-hydroxylation sites is 1. The third-order valence-electron chi connectivity index (χ3n) is 5.20. The fourth-order valence-electron chi connectivity index (χ4n) is 3.92. The molecule has 1 aromatic carbocycles. The van der Waals surface area contributed by atoms with Crippen LogP contribution in [0.3, 0.4) is 0 Å². The Bertz CT molecular complexity index is 1200. The number of aromatic nitrogens is 1. The van der Waals surface area contributed by atoms with Gasteiger partial charge in [0.05, 0.1) is 29.6 Å². The first-order valence-electron chi connectivity index (χ1n) is 10.1. The Morgan fingerprint density at radius 1 is 1.29 bits per heavy atom. The number of amides is 1. The molecule has 2 aromatic heterocycles. The largest absolute Gasteiger partial charge is 0.465 e. The second-order valence-electron chi connectivity index (χ2n) is 7.59. The Labute approximate surface area is 180 Å². The summed E-state index contributed by atoms with van der Waals surface area (Å²) in [6.45, 7) is 1.83. The number of rotatable bonds is 5. The highest BCUT2D eigenvalue weighted by Crippen LogP contribution is 2.38. The van der Waals surface area contributed by atoms with Gasteiger partial charge in [-0.3, -0.25) is 4.79 Å². The van der Waals surface area contributed by atoms with Crippen molar-refractivity contribution in [2.75, 3.05) is 13.2 Å². The topological polar surface area (TPSA) is 81.4 Å². The first-order valence-corrected chi connectivity index (χ1v) is 10.1. The van der Waals surface area contributed by atoms with Crippen molar-refractivity contribution < 1.29 is 18.7 Å². The number of fused-ring (bicyclic) bond motifs is 2. The molecule has 2 heterocycles. The van der Waals surface area contributed by atoms with E-state index in [0.29, 0.717) is 28.8 Å².